The van der Waals surface area contributed by atoms with E-state index in [1.807, 2.05) is 11.0 Å². The molecule has 0 saturated carbocycles. The van der Waals surface area contributed by atoms with Gasteiger partial charge in [0.25, 0.3) is 5.91 Å². The molecular weight excluding hydrogens is 352 g/mol. The number of likely N-dealkylation sites (N-methyl/N-ethyl adjacent to an activating group) is 1. The van der Waals surface area contributed by atoms with Crippen LogP contribution in [0.5, 0.6) is 0 Å². The third-order valence-electron chi connectivity index (χ3n) is 6.07. The first-order chi connectivity index (χ1) is 13.4. The Balaban J connectivity index is 1.41. The average molecular weight is 385 g/mol. The second kappa shape index (κ2) is 7.70. The van der Waals surface area contributed by atoms with Gasteiger partial charge in [-0.3, -0.25) is 14.8 Å². The van der Waals surface area contributed by atoms with Crippen LogP contribution < -0.4 is 0 Å². The summed E-state index contributed by atoms with van der Waals surface area (Å²) in [6.45, 7) is 11.1. The predicted octanol–water partition coefficient (Wildman–Crippen LogP) is 2.58. The Bertz CT molecular complexity index is 843. The molecule has 0 radical (unpaired) electrons. The normalized spacial score (nSPS) is 18.7. The number of hydrogen-bond acceptors (Lipinski definition) is 4. The maximum Gasteiger partial charge on any atom is 0.274 e. The van der Waals surface area contributed by atoms with Crippen LogP contribution in [0.25, 0.3) is 0 Å². The number of rotatable bonds is 4. The van der Waals surface area contributed by atoms with Gasteiger partial charge in [-0.05, 0) is 45.2 Å². The van der Waals surface area contributed by atoms with E-state index in [2.05, 4.69) is 47.5 Å². The van der Waals surface area contributed by atoms with Crippen LogP contribution >= 0.6 is 0 Å². The molecule has 7 heteroatoms. The number of aryl methyl sites for hydroxylation is 1. The van der Waals surface area contributed by atoms with Crippen molar-refractivity contribution in [2.24, 2.45) is 5.92 Å². The van der Waals surface area contributed by atoms with Crippen LogP contribution in [0.4, 0.5) is 0 Å². The predicted molar refractivity (Wildman–Crippen MR) is 108 cm³/mol. The molecule has 2 aliphatic rings. The molecule has 0 spiro atoms. The highest BCUT2D eigenvalue weighted by Gasteiger charge is 2.31. The van der Waals surface area contributed by atoms with E-state index in [1.54, 1.807) is 0 Å². The first kappa shape index (κ1) is 19.2. The molecule has 7 nitrogen and oxygen atoms in total. The van der Waals surface area contributed by atoms with Crippen LogP contribution in [-0.2, 0) is 19.5 Å². The number of carbonyl (C=O) groups excluding carboxylic acids is 1. The Morgan fingerprint density at radius 2 is 2.00 bits per heavy atom. The number of amides is 1. The fourth-order valence-corrected chi connectivity index (χ4v) is 4.56. The SMILES string of the molecule is Cc1nc(C2CCN(C(=O)c3cc(CC(C)C)[nH]n3)CC2)c2n1CCN(C)C2. The first-order valence-electron chi connectivity index (χ1n) is 10.5. The van der Waals surface area contributed by atoms with Crippen molar-refractivity contribution in [1.82, 2.24) is 29.5 Å². The second-order valence-corrected chi connectivity index (χ2v) is 8.82. The zero-order valence-corrected chi connectivity index (χ0v) is 17.5. The maximum absolute atomic E-state index is 12.8. The molecule has 0 bridgehead atoms. The number of imidazole rings is 1. The second-order valence-electron chi connectivity index (χ2n) is 8.82. The van der Waals surface area contributed by atoms with Crippen molar-refractivity contribution in [2.75, 3.05) is 26.7 Å². The minimum absolute atomic E-state index is 0.0486. The Labute approximate surface area is 167 Å². The Morgan fingerprint density at radius 1 is 1.25 bits per heavy atom. The highest BCUT2D eigenvalue weighted by atomic mass is 16.2. The van der Waals surface area contributed by atoms with Crippen molar-refractivity contribution in [3.05, 3.63) is 34.7 Å². The molecule has 1 N–H and O–H groups in total. The van der Waals surface area contributed by atoms with E-state index >= 15 is 0 Å². The molecule has 2 aromatic heterocycles. The Hall–Kier alpha value is -2.15. The van der Waals surface area contributed by atoms with Gasteiger partial charge < -0.3 is 9.47 Å². The monoisotopic (exact) mass is 384 g/mol. The zero-order valence-electron chi connectivity index (χ0n) is 17.5. The van der Waals surface area contributed by atoms with Gasteiger partial charge in [-0.1, -0.05) is 13.8 Å². The highest BCUT2D eigenvalue weighted by molar-refractivity contribution is 5.92. The highest BCUT2D eigenvalue weighted by Crippen LogP contribution is 2.32. The van der Waals surface area contributed by atoms with E-state index in [4.69, 9.17) is 4.98 Å². The van der Waals surface area contributed by atoms with Gasteiger partial charge in [-0.25, -0.2) is 4.98 Å². The van der Waals surface area contributed by atoms with Crippen molar-refractivity contribution < 1.29 is 4.79 Å². The third-order valence-corrected chi connectivity index (χ3v) is 6.07. The fraction of sp³-hybridized carbons (Fsp3) is 0.667. The van der Waals surface area contributed by atoms with Crippen molar-refractivity contribution in [2.45, 2.75) is 59.0 Å². The lowest BCUT2D eigenvalue weighted by molar-refractivity contribution is 0.0705. The lowest BCUT2D eigenvalue weighted by Gasteiger charge is -2.32. The van der Waals surface area contributed by atoms with E-state index in [-0.39, 0.29) is 5.91 Å². The van der Waals surface area contributed by atoms with Crippen LogP contribution in [0, 0.1) is 12.8 Å². The smallest absolute Gasteiger partial charge is 0.274 e. The topological polar surface area (TPSA) is 70.0 Å². The van der Waals surface area contributed by atoms with Crippen LogP contribution in [0.15, 0.2) is 6.07 Å². The number of H-pyrrole nitrogens is 1. The molecule has 1 amide bonds. The van der Waals surface area contributed by atoms with Gasteiger partial charge in [0, 0.05) is 44.3 Å². The van der Waals surface area contributed by atoms with E-state index in [0.29, 0.717) is 17.5 Å². The number of aromatic nitrogens is 4. The average Bonchev–Trinajstić information content (AvgIpc) is 3.25. The summed E-state index contributed by atoms with van der Waals surface area (Å²) >= 11 is 0. The van der Waals surface area contributed by atoms with E-state index < -0.39 is 0 Å². The number of aromatic amines is 1. The van der Waals surface area contributed by atoms with Gasteiger partial charge in [0.15, 0.2) is 0 Å². The van der Waals surface area contributed by atoms with Gasteiger partial charge in [-0.2, -0.15) is 5.10 Å². The number of carbonyl (C=O) groups is 1. The maximum atomic E-state index is 12.8. The number of hydrogen-bond donors (Lipinski definition) is 1. The van der Waals surface area contributed by atoms with Crippen molar-refractivity contribution in [3.63, 3.8) is 0 Å². The zero-order chi connectivity index (χ0) is 19.8. The minimum atomic E-state index is 0.0486. The summed E-state index contributed by atoms with van der Waals surface area (Å²) in [5, 5.41) is 7.27. The molecule has 152 valence electrons. The molecule has 28 heavy (non-hydrogen) atoms. The Kier molecular flexibility index (Phi) is 5.27. The first-order valence-corrected chi connectivity index (χ1v) is 10.5. The summed E-state index contributed by atoms with van der Waals surface area (Å²) in [7, 11) is 2.17. The molecule has 2 aromatic rings. The lowest BCUT2D eigenvalue weighted by Crippen LogP contribution is -2.38. The lowest BCUT2D eigenvalue weighted by atomic mass is 9.91. The summed E-state index contributed by atoms with van der Waals surface area (Å²) in [5.41, 5.74) is 4.22. The molecule has 0 aliphatic carbocycles. The summed E-state index contributed by atoms with van der Waals surface area (Å²) in [6, 6.07) is 1.92. The summed E-state index contributed by atoms with van der Waals surface area (Å²) in [5.74, 6) is 2.17. The van der Waals surface area contributed by atoms with Crippen LogP contribution in [0.3, 0.4) is 0 Å². The molecule has 1 fully saturated rings. The molecule has 4 rings (SSSR count). The summed E-state index contributed by atoms with van der Waals surface area (Å²) < 4.78 is 2.38. The van der Waals surface area contributed by atoms with Crippen molar-refractivity contribution >= 4 is 5.91 Å². The van der Waals surface area contributed by atoms with Crippen molar-refractivity contribution in [3.8, 4) is 0 Å². The molecule has 4 heterocycles. The number of piperidine rings is 1. The van der Waals surface area contributed by atoms with Gasteiger partial charge in [0.1, 0.15) is 11.5 Å². The van der Waals surface area contributed by atoms with E-state index in [9.17, 15) is 4.79 Å². The molecular formula is C21H32N6O. The van der Waals surface area contributed by atoms with E-state index in [0.717, 1.165) is 63.5 Å². The number of nitrogens with zero attached hydrogens (tertiary/aromatic N) is 5. The number of nitrogens with one attached hydrogen (secondary N) is 1. The van der Waals surface area contributed by atoms with Crippen LogP contribution in [0.2, 0.25) is 0 Å². The van der Waals surface area contributed by atoms with Crippen LogP contribution in [0.1, 0.15) is 66.0 Å². The Morgan fingerprint density at radius 3 is 2.71 bits per heavy atom. The molecule has 0 unspecified atom stereocenters. The molecule has 0 aromatic carbocycles. The molecule has 0 atom stereocenters. The van der Waals surface area contributed by atoms with Gasteiger partial charge >= 0.3 is 0 Å². The molecule has 1 saturated heterocycles. The summed E-state index contributed by atoms with van der Waals surface area (Å²) in [4.78, 5) is 22.1. The van der Waals surface area contributed by atoms with Gasteiger partial charge in [0.2, 0.25) is 0 Å². The standard InChI is InChI=1S/C21H32N6O/c1-14(2)11-17-12-18(24-23-17)21(28)26-7-5-16(6-8-26)20-19-13-25(4)9-10-27(19)15(3)22-20/h12,14,16H,5-11,13H2,1-4H3,(H,23,24). The quantitative estimate of drug-likeness (QED) is 0.880. The van der Waals surface area contributed by atoms with Crippen molar-refractivity contribution in [1.29, 1.82) is 0 Å². The van der Waals surface area contributed by atoms with E-state index in [1.165, 1.54) is 11.4 Å². The number of fused-ring (bicyclic) bond motifs is 1. The minimum Gasteiger partial charge on any atom is -0.337 e. The summed E-state index contributed by atoms with van der Waals surface area (Å²) in [6.07, 6.45) is 2.87. The van der Waals surface area contributed by atoms with Gasteiger partial charge in [-0.15, -0.1) is 0 Å². The molecule has 2 aliphatic heterocycles. The fourth-order valence-electron chi connectivity index (χ4n) is 4.56. The van der Waals surface area contributed by atoms with Gasteiger partial charge in [0.05, 0.1) is 11.4 Å². The van der Waals surface area contributed by atoms with Crippen LogP contribution in [-0.4, -0.2) is 62.1 Å². The number of likely N-dealkylation sites (tertiary alicyclic amines) is 1. The largest absolute Gasteiger partial charge is 0.337 e. The third kappa shape index (κ3) is 3.72.